The van der Waals surface area contributed by atoms with Crippen LogP contribution < -0.4 is 5.69 Å². The Labute approximate surface area is 156 Å². The zero-order valence-electron chi connectivity index (χ0n) is 15.2. The maximum absolute atomic E-state index is 12.2. The summed E-state index contributed by atoms with van der Waals surface area (Å²) >= 11 is 1.65. The van der Waals surface area contributed by atoms with Crippen LogP contribution >= 0.6 is 11.3 Å². The molecule has 26 heavy (non-hydrogen) atoms. The molecule has 0 amide bonds. The Hall–Kier alpha value is -2.19. The molecule has 0 saturated carbocycles. The average molecular weight is 372 g/mol. The summed E-state index contributed by atoms with van der Waals surface area (Å²) in [5.41, 5.74) is 1.23. The SMILES string of the molecule is CCn1c(C2CCCN(Cc3cccn3-c3nccs3)C2)nn(C)c1=O. The van der Waals surface area contributed by atoms with Gasteiger partial charge in [0.1, 0.15) is 5.82 Å². The van der Waals surface area contributed by atoms with Gasteiger partial charge in [-0.2, -0.15) is 5.10 Å². The molecule has 0 aromatic carbocycles. The van der Waals surface area contributed by atoms with Crippen LogP contribution in [-0.4, -0.2) is 41.9 Å². The van der Waals surface area contributed by atoms with Crippen molar-refractivity contribution in [3.05, 3.63) is 51.9 Å². The second-order valence-electron chi connectivity index (χ2n) is 6.77. The highest BCUT2D eigenvalue weighted by Crippen LogP contribution is 2.27. The van der Waals surface area contributed by atoms with Gasteiger partial charge in [0.15, 0.2) is 5.13 Å². The van der Waals surface area contributed by atoms with Gasteiger partial charge in [0, 0.05) is 56.1 Å². The van der Waals surface area contributed by atoms with Crippen molar-refractivity contribution in [1.82, 2.24) is 28.8 Å². The molecule has 4 heterocycles. The summed E-state index contributed by atoms with van der Waals surface area (Å²) in [4.78, 5) is 19.1. The maximum atomic E-state index is 12.2. The monoisotopic (exact) mass is 372 g/mol. The van der Waals surface area contributed by atoms with Gasteiger partial charge in [-0.15, -0.1) is 11.3 Å². The van der Waals surface area contributed by atoms with Gasteiger partial charge < -0.3 is 0 Å². The van der Waals surface area contributed by atoms with Gasteiger partial charge in [-0.05, 0) is 38.4 Å². The molecule has 0 radical (unpaired) electrons. The molecule has 0 spiro atoms. The largest absolute Gasteiger partial charge is 0.345 e. The minimum Gasteiger partial charge on any atom is -0.297 e. The number of aromatic nitrogens is 5. The molecule has 0 aliphatic carbocycles. The molecule has 1 aliphatic rings. The van der Waals surface area contributed by atoms with E-state index in [1.165, 1.54) is 10.4 Å². The molecule has 1 atom stereocenters. The van der Waals surface area contributed by atoms with Crippen molar-refractivity contribution in [3.63, 3.8) is 0 Å². The second-order valence-corrected chi connectivity index (χ2v) is 7.64. The summed E-state index contributed by atoms with van der Waals surface area (Å²) in [6, 6.07) is 4.24. The Morgan fingerprint density at radius 2 is 2.27 bits per heavy atom. The minimum atomic E-state index is -0.0164. The van der Waals surface area contributed by atoms with Crippen molar-refractivity contribution in [2.45, 2.75) is 38.8 Å². The van der Waals surface area contributed by atoms with E-state index in [4.69, 9.17) is 0 Å². The number of hydrogen-bond acceptors (Lipinski definition) is 5. The van der Waals surface area contributed by atoms with Crippen molar-refractivity contribution in [2.75, 3.05) is 13.1 Å². The lowest BCUT2D eigenvalue weighted by Gasteiger charge is -2.32. The second kappa shape index (κ2) is 7.20. The summed E-state index contributed by atoms with van der Waals surface area (Å²) in [6.45, 7) is 5.56. The highest BCUT2D eigenvalue weighted by atomic mass is 32.1. The lowest BCUT2D eigenvalue weighted by molar-refractivity contribution is 0.191. The molecule has 0 bridgehead atoms. The Kier molecular flexibility index (Phi) is 4.78. The van der Waals surface area contributed by atoms with Gasteiger partial charge in [-0.25, -0.2) is 14.5 Å². The van der Waals surface area contributed by atoms with Gasteiger partial charge in [0.2, 0.25) is 0 Å². The lowest BCUT2D eigenvalue weighted by atomic mass is 9.97. The Balaban J connectivity index is 1.53. The Bertz CT molecular complexity index is 922. The molecule has 3 aromatic rings. The van der Waals surface area contributed by atoms with Crippen LogP contribution in [0.15, 0.2) is 34.7 Å². The molecule has 8 heteroatoms. The van der Waals surface area contributed by atoms with Crippen LogP contribution in [0.3, 0.4) is 0 Å². The smallest absolute Gasteiger partial charge is 0.297 e. The zero-order chi connectivity index (χ0) is 18.1. The van der Waals surface area contributed by atoms with Crippen LogP contribution in [0.2, 0.25) is 0 Å². The highest BCUT2D eigenvalue weighted by Gasteiger charge is 2.27. The molecule has 0 N–H and O–H groups in total. The highest BCUT2D eigenvalue weighted by molar-refractivity contribution is 7.12. The summed E-state index contributed by atoms with van der Waals surface area (Å²) in [6.07, 6.45) is 6.12. The van der Waals surface area contributed by atoms with E-state index in [1.54, 1.807) is 18.4 Å². The fraction of sp³-hybridized carbons (Fsp3) is 0.500. The molecule has 7 nitrogen and oxygen atoms in total. The number of likely N-dealkylation sites (tertiary alicyclic amines) is 1. The van der Waals surface area contributed by atoms with Gasteiger partial charge in [0.05, 0.1) is 0 Å². The van der Waals surface area contributed by atoms with E-state index in [9.17, 15) is 4.79 Å². The lowest BCUT2D eigenvalue weighted by Crippen LogP contribution is -2.36. The third-order valence-corrected chi connectivity index (χ3v) is 5.84. The fourth-order valence-corrected chi connectivity index (χ4v) is 4.48. The van der Waals surface area contributed by atoms with Crippen molar-refractivity contribution < 1.29 is 0 Å². The van der Waals surface area contributed by atoms with Crippen molar-refractivity contribution >= 4 is 11.3 Å². The first-order chi connectivity index (χ1) is 12.7. The van der Waals surface area contributed by atoms with Crippen LogP contribution in [0.25, 0.3) is 5.13 Å². The predicted molar refractivity (Wildman–Crippen MR) is 102 cm³/mol. The van der Waals surface area contributed by atoms with Crippen molar-refractivity contribution in [3.8, 4) is 5.13 Å². The van der Waals surface area contributed by atoms with Crippen LogP contribution in [0.1, 0.15) is 37.2 Å². The minimum absolute atomic E-state index is 0.0164. The van der Waals surface area contributed by atoms with Gasteiger partial charge in [-0.1, -0.05) is 0 Å². The summed E-state index contributed by atoms with van der Waals surface area (Å²) < 4.78 is 5.44. The summed E-state index contributed by atoms with van der Waals surface area (Å²) in [5, 5.41) is 7.53. The van der Waals surface area contributed by atoms with Gasteiger partial charge in [-0.3, -0.25) is 14.0 Å². The zero-order valence-corrected chi connectivity index (χ0v) is 16.0. The number of nitrogens with zero attached hydrogens (tertiary/aromatic N) is 6. The number of rotatable bonds is 5. The molecule has 1 unspecified atom stereocenters. The third-order valence-electron chi connectivity index (χ3n) is 5.07. The van der Waals surface area contributed by atoms with E-state index in [0.29, 0.717) is 12.5 Å². The molecule has 138 valence electrons. The summed E-state index contributed by atoms with van der Waals surface area (Å²) in [5.74, 6) is 1.24. The van der Waals surface area contributed by atoms with Crippen LogP contribution in [0, 0.1) is 0 Å². The normalized spacial score (nSPS) is 18.5. The van der Waals surface area contributed by atoms with Crippen LogP contribution in [-0.2, 0) is 20.1 Å². The van der Waals surface area contributed by atoms with E-state index in [0.717, 1.165) is 43.4 Å². The Morgan fingerprint density at radius 3 is 3.04 bits per heavy atom. The maximum Gasteiger partial charge on any atom is 0.345 e. The van der Waals surface area contributed by atoms with Gasteiger partial charge in [0.25, 0.3) is 0 Å². The van der Waals surface area contributed by atoms with E-state index < -0.39 is 0 Å². The number of piperidine rings is 1. The van der Waals surface area contributed by atoms with Gasteiger partial charge >= 0.3 is 5.69 Å². The molecule has 1 fully saturated rings. The van der Waals surface area contributed by atoms with E-state index in [2.05, 4.69) is 37.9 Å². The third kappa shape index (κ3) is 3.14. The van der Waals surface area contributed by atoms with E-state index >= 15 is 0 Å². The summed E-state index contributed by atoms with van der Waals surface area (Å²) in [7, 11) is 1.74. The molecule has 1 saturated heterocycles. The molecule has 1 aliphatic heterocycles. The van der Waals surface area contributed by atoms with Crippen molar-refractivity contribution in [1.29, 1.82) is 0 Å². The number of hydrogen-bond donors (Lipinski definition) is 0. The molecule has 4 rings (SSSR count). The standard InChI is InChI=1S/C18H24N6OS/c1-3-23-16(20-21(2)18(23)25)14-6-4-9-22(12-14)13-15-7-5-10-24(15)17-19-8-11-26-17/h5,7-8,10-11,14H,3-4,6,9,12-13H2,1-2H3. The van der Waals surface area contributed by atoms with Crippen molar-refractivity contribution in [2.24, 2.45) is 7.05 Å². The molecule has 3 aromatic heterocycles. The fourth-order valence-electron chi connectivity index (χ4n) is 3.83. The number of aryl methyl sites for hydroxylation is 1. The first kappa shape index (κ1) is 17.2. The molecular formula is C18H24N6OS. The predicted octanol–water partition coefficient (Wildman–Crippen LogP) is 2.23. The van der Waals surface area contributed by atoms with E-state index in [-0.39, 0.29) is 5.69 Å². The van der Waals surface area contributed by atoms with Crippen LogP contribution in [0.4, 0.5) is 0 Å². The van der Waals surface area contributed by atoms with Crippen LogP contribution in [0.5, 0.6) is 0 Å². The Morgan fingerprint density at radius 1 is 1.38 bits per heavy atom. The number of thiazole rings is 1. The topological polar surface area (TPSA) is 60.9 Å². The average Bonchev–Trinajstić information content (AvgIpc) is 3.37. The first-order valence-corrected chi connectivity index (χ1v) is 9.97. The molecular weight excluding hydrogens is 348 g/mol. The van der Waals surface area contributed by atoms with E-state index in [1.807, 2.05) is 23.1 Å². The first-order valence-electron chi connectivity index (χ1n) is 9.09. The quantitative estimate of drug-likeness (QED) is 0.689.